The normalized spacial score (nSPS) is 10.5. The number of aromatic amines is 1. The van der Waals surface area contributed by atoms with E-state index in [2.05, 4.69) is 15.4 Å². The summed E-state index contributed by atoms with van der Waals surface area (Å²) in [5.74, 6) is -0.863. The number of carboxylic acids is 1. The van der Waals surface area contributed by atoms with Gasteiger partial charge in [-0.25, -0.2) is 0 Å². The maximum absolute atomic E-state index is 10.5. The lowest BCUT2D eigenvalue weighted by molar-refractivity contribution is -0.135. The molecule has 6 heteroatoms. The highest BCUT2D eigenvalue weighted by molar-refractivity contribution is 5.80. The zero-order chi connectivity index (χ0) is 10.8. The minimum Gasteiger partial charge on any atom is -0.480 e. The molecule has 1 heterocycles. The van der Waals surface area contributed by atoms with E-state index in [1.807, 2.05) is 6.07 Å². The van der Waals surface area contributed by atoms with Gasteiger partial charge >= 0.3 is 5.97 Å². The Balaban J connectivity index is 2.30. The number of carboxylic acid groups (broad SMARTS) is 1. The summed E-state index contributed by atoms with van der Waals surface area (Å²) < 4.78 is 0. The number of benzene rings is 1. The smallest absolute Gasteiger partial charge is 0.323 e. The highest BCUT2D eigenvalue weighted by Crippen LogP contribution is 2.17. The number of carbonyl (C=O) groups is 1. The molecule has 0 saturated carbocycles. The standard InChI is InChI=1S/C9H10N4O2/c1-13(5-9(14)15)6-2-3-7-8(4-6)11-12-10-7/h2-4H,5H2,1H3,(H,14,15)(H,10,11,12). The summed E-state index contributed by atoms with van der Waals surface area (Å²) in [6.45, 7) is -0.0383. The molecule has 0 unspecified atom stereocenters. The van der Waals surface area contributed by atoms with Crippen LogP contribution in [0.3, 0.4) is 0 Å². The Hall–Kier alpha value is -2.11. The third-order valence-electron chi connectivity index (χ3n) is 2.11. The van der Waals surface area contributed by atoms with Crippen molar-refractivity contribution in [2.75, 3.05) is 18.5 Å². The van der Waals surface area contributed by atoms with Crippen molar-refractivity contribution in [3.63, 3.8) is 0 Å². The van der Waals surface area contributed by atoms with Crippen LogP contribution in [0.4, 0.5) is 5.69 Å². The minimum absolute atomic E-state index is 0.0383. The van der Waals surface area contributed by atoms with Gasteiger partial charge in [-0.05, 0) is 18.2 Å². The summed E-state index contributed by atoms with van der Waals surface area (Å²) in [4.78, 5) is 12.2. The fourth-order valence-electron chi connectivity index (χ4n) is 1.36. The van der Waals surface area contributed by atoms with Crippen molar-refractivity contribution in [1.29, 1.82) is 0 Å². The zero-order valence-electron chi connectivity index (χ0n) is 8.14. The first-order valence-electron chi connectivity index (χ1n) is 4.40. The van der Waals surface area contributed by atoms with Gasteiger partial charge < -0.3 is 10.0 Å². The highest BCUT2D eigenvalue weighted by atomic mass is 16.4. The maximum atomic E-state index is 10.5. The molecule has 2 N–H and O–H groups in total. The van der Waals surface area contributed by atoms with Gasteiger partial charge in [0.1, 0.15) is 17.6 Å². The average molecular weight is 206 g/mol. The Bertz CT molecular complexity index is 494. The third kappa shape index (κ3) is 1.88. The fraction of sp³-hybridized carbons (Fsp3) is 0.222. The minimum atomic E-state index is -0.863. The van der Waals surface area contributed by atoms with Crippen LogP contribution in [0.5, 0.6) is 0 Å². The number of anilines is 1. The van der Waals surface area contributed by atoms with Crippen molar-refractivity contribution in [3.05, 3.63) is 18.2 Å². The van der Waals surface area contributed by atoms with Crippen LogP contribution in [0.15, 0.2) is 18.2 Å². The molecule has 0 atom stereocenters. The van der Waals surface area contributed by atoms with E-state index >= 15 is 0 Å². The van der Waals surface area contributed by atoms with Crippen LogP contribution in [0.25, 0.3) is 11.0 Å². The molecular formula is C9H10N4O2. The Labute approximate surface area is 85.5 Å². The largest absolute Gasteiger partial charge is 0.480 e. The van der Waals surface area contributed by atoms with Gasteiger partial charge in [0.05, 0.1) is 0 Å². The summed E-state index contributed by atoms with van der Waals surface area (Å²) in [5, 5.41) is 19.0. The molecule has 6 nitrogen and oxygen atoms in total. The first-order valence-corrected chi connectivity index (χ1v) is 4.40. The lowest BCUT2D eigenvalue weighted by Gasteiger charge is -2.15. The van der Waals surface area contributed by atoms with Crippen LogP contribution in [-0.4, -0.2) is 40.1 Å². The summed E-state index contributed by atoms with van der Waals surface area (Å²) in [6, 6.07) is 5.40. The molecule has 0 spiro atoms. The summed E-state index contributed by atoms with van der Waals surface area (Å²) in [5.41, 5.74) is 2.30. The average Bonchev–Trinajstić information content (AvgIpc) is 2.62. The molecule has 0 bridgehead atoms. The van der Waals surface area contributed by atoms with Crippen LogP contribution < -0.4 is 4.90 Å². The van der Waals surface area contributed by atoms with Gasteiger partial charge in [0, 0.05) is 12.7 Å². The van der Waals surface area contributed by atoms with Crippen molar-refractivity contribution in [2.45, 2.75) is 0 Å². The summed E-state index contributed by atoms with van der Waals surface area (Å²) in [7, 11) is 1.72. The van der Waals surface area contributed by atoms with Gasteiger partial charge in [-0.3, -0.25) is 4.79 Å². The predicted octanol–water partition coefficient (Wildman–Crippen LogP) is 0.479. The predicted molar refractivity (Wildman–Crippen MR) is 54.8 cm³/mol. The lowest BCUT2D eigenvalue weighted by atomic mass is 10.2. The van der Waals surface area contributed by atoms with Gasteiger partial charge in [-0.15, -0.1) is 0 Å². The second-order valence-electron chi connectivity index (χ2n) is 3.25. The van der Waals surface area contributed by atoms with Crippen molar-refractivity contribution in [2.24, 2.45) is 0 Å². The number of nitrogens with zero attached hydrogens (tertiary/aromatic N) is 3. The lowest BCUT2D eigenvalue weighted by Crippen LogP contribution is -2.24. The van der Waals surface area contributed by atoms with Crippen LogP contribution in [0.1, 0.15) is 0 Å². The second-order valence-corrected chi connectivity index (χ2v) is 3.25. The Morgan fingerprint density at radius 3 is 2.93 bits per heavy atom. The SMILES string of the molecule is CN(CC(=O)O)c1ccc2n[nH]nc2c1. The molecule has 78 valence electrons. The van der Waals surface area contributed by atoms with Crippen LogP contribution in [-0.2, 0) is 4.79 Å². The molecule has 0 aliphatic rings. The van der Waals surface area contributed by atoms with E-state index in [0.717, 1.165) is 16.7 Å². The maximum Gasteiger partial charge on any atom is 0.323 e. The number of aromatic nitrogens is 3. The van der Waals surface area contributed by atoms with Gasteiger partial charge in [0.15, 0.2) is 0 Å². The number of aliphatic carboxylic acids is 1. The van der Waals surface area contributed by atoms with Crippen LogP contribution in [0.2, 0.25) is 0 Å². The highest BCUT2D eigenvalue weighted by Gasteiger charge is 2.07. The van der Waals surface area contributed by atoms with E-state index in [1.54, 1.807) is 24.1 Å². The molecule has 0 saturated heterocycles. The Kier molecular flexibility index (Phi) is 2.24. The molecule has 2 aromatic rings. The van der Waals surface area contributed by atoms with Crippen molar-refractivity contribution >= 4 is 22.7 Å². The van der Waals surface area contributed by atoms with Crippen molar-refractivity contribution in [1.82, 2.24) is 15.4 Å². The molecule has 1 aromatic carbocycles. The van der Waals surface area contributed by atoms with Crippen molar-refractivity contribution in [3.8, 4) is 0 Å². The number of likely N-dealkylation sites (N-methyl/N-ethyl adjacent to an activating group) is 1. The first-order chi connectivity index (χ1) is 7.16. The number of hydrogen-bond acceptors (Lipinski definition) is 4. The number of fused-ring (bicyclic) bond motifs is 1. The number of rotatable bonds is 3. The quantitative estimate of drug-likeness (QED) is 0.763. The Morgan fingerprint density at radius 2 is 2.20 bits per heavy atom. The van der Waals surface area contributed by atoms with Gasteiger partial charge in [-0.1, -0.05) is 0 Å². The van der Waals surface area contributed by atoms with E-state index < -0.39 is 5.97 Å². The van der Waals surface area contributed by atoms with Gasteiger partial charge in [-0.2, -0.15) is 15.4 Å². The molecular weight excluding hydrogens is 196 g/mol. The molecule has 15 heavy (non-hydrogen) atoms. The van der Waals surface area contributed by atoms with Crippen molar-refractivity contribution < 1.29 is 9.90 Å². The Morgan fingerprint density at radius 1 is 1.47 bits per heavy atom. The van der Waals surface area contributed by atoms with E-state index in [4.69, 9.17) is 5.11 Å². The molecule has 0 amide bonds. The fourth-order valence-corrected chi connectivity index (χ4v) is 1.36. The molecule has 1 aromatic heterocycles. The number of hydrogen-bond donors (Lipinski definition) is 2. The van der Waals surface area contributed by atoms with E-state index in [0.29, 0.717) is 0 Å². The molecule has 0 aliphatic heterocycles. The van der Waals surface area contributed by atoms with E-state index in [-0.39, 0.29) is 6.54 Å². The summed E-state index contributed by atoms with van der Waals surface area (Å²) in [6.07, 6.45) is 0. The van der Waals surface area contributed by atoms with E-state index in [9.17, 15) is 4.79 Å². The van der Waals surface area contributed by atoms with Gasteiger partial charge in [0.2, 0.25) is 0 Å². The van der Waals surface area contributed by atoms with Crippen LogP contribution in [0, 0.1) is 0 Å². The summed E-state index contributed by atoms with van der Waals surface area (Å²) >= 11 is 0. The zero-order valence-corrected chi connectivity index (χ0v) is 8.14. The third-order valence-corrected chi connectivity index (χ3v) is 2.11. The number of H-pyrrole nitrogens is 1. The molecule has 0 radical (unpaired) electrons. The molecule has 0 fully saturated rings. The number of nitrogens with one attached hydrogen (secondary N) is 1. The molecule has 0 aliphatic carbocycles. The topological polar surface area (TPSA) is 82.1 Å². The van der Waals surface area contributed by atoms with Crippen LogP contribution >= 0.6 is 0 Å². The van der Waals surface area contributed by atoms with Gasteiger partial charge in [0.25, 0.3) is 0 Å². The monoisotopic (exact) mass is 206 g/mol. The first kappa shape index (κ1) is 9.45. The molecule has 2 rings (SSSR count). The second kappa shape index (κ2) is 3.56. The van der Waals surface area contributed by atoms with E-state index in [1.165, 1.54) is 0 Å².